The highest BCUT2D eigenvalue weighted by molar-refractivity contribution is 7.88. The average Bonchev–Trinajstić information content (AvgIpc) is 2.92. The van der Waals surface area contributed by atoms with Gasteiger partial charge in [-0.1, -0.05) is 6.07 Å². The topological polar surface area (TPSA) is 74.1 Å². The van der Waals surface area contributed by atoms with Crippen molar-refractivity contribution < 1.29 is 25.8 Å². The molecular weight excluding hydrogens is 347 g/mol. The second-order valence-electron chi connectivity index (χ2n) is 4.93. The number of fused-ring (bicyclic) bond motifs is 1. The van der Waals surface area contributed by atoms with Crippen molar-refractivity contribution in [2.45, 2.75) is 5.51 Å². The highest BCUT2D eigenvalue weighted by Gasteiger charge is 2.48. The molecule has 0 amide bonds. The number of benzene rings is 1. The molecule has 0 aliphatic rings. The van der Waals surface area contributed by atoms with E-state index in [2.05, 4.69) is 14.3 Å². The van der Waals surface area contributed by atoms with E-state index in [0.29, 0.717) is 16.6 Å². The number of hydrogen-bond donors (Lipinski definition) is 0. The van der Waals surface area contributed by atoms with E-state index >= 15 is 0 Å². The minimum Gasteiger partial charge on any atom is -0.375 e. The van der Waals surface area contributed by atoms with Crippen molar-refractivity contribution in [3.05, 3.63) is 42.9 Å². The van der Waals surface area contributed by atoms with Crippen molar-refractivity contribution in [1.82, 2.24) is 14.8 Å². The van der Waals surface area contributed by atoms with E-state index < -0.39 is 21.4 Å². The smallest absolute Gasteiger partial charge is 0.375 e. The normalized spacial score (nSPS) is 12.5. The van der Waals surface area contributed by atoms with Crippen LogP contribution in [0.2, 0.25) is 0 Å². The summed E-state index contributed by atoms with van der Waals surface area (Å²) < 4.78 is 65.9. The van der Waals surface area contributed by atoms with Crippen molar-refractivity contribution in [1.29, 1.82) is 0 Å². The van der Waals surface area contributed by atoms with Crippen molar-refractivity contribution in [3.63, 3.8) is 0 Å². The van der Waals surface area contributed by atoms with Gasteiger partial charge in [0.1, 0.15) is 0 Å². The van der Waals surface area contributed by atoms with Crippen LogP contribution in [0.5, 0.6) is 5.75 Å². The molecule has 0 N–H and O–H groups in total. The Morgan fingerprint density at radius 1 is 1.17 bits per heavy atom. The van der Waals surface area contributed by atoms with Gasteiger partial charge in [0.25, 0.3) is 0 Å². The fourth-order valence-corrected chi connectivity index (χ4v) is 2.59. The van der Waals surface area contributed by atoms with E-state index in [9.17, 15) is 21.6 Å². The molecule has 0 saturated carbocycles. The quantitative estimate of drug-likeness (QED) is 0.532. The van der Waals surface area contributed by atoms with Crippen LogP contribution in [-0.4, -0.2) is 28.7 Å². The summed E-state index contributed by atoms with van der Waals surface area (Å²) in [6.45, 7) is 0. The summed E-state index contributed by atoms with van der Waals surface area (Å²) in [7, 11) is -4.04. The molecule has 2 heterocycles. The SMILES string of the molecule is Cn1cc(-c2ccc3nccc(OS(=O)(=O)C(F)(F)F)c3c2)cn1. The molecule has 0 unspecified atom stereocenters. The van der Waals surface area contributed by atoms with Crippen LogP contribution >= 0.6 is 0 Å². The highest BCUT2D eigenvalue weighted by Crippen LogP contribution is 2.33. The Bertz CT molecular complexity index is 1010. The Morgan fingerprint density at radius 3 is 2.54 bits per heavy atom. The van der Waals surface area contributed by atoms with E-state index in [1.54, 1.807) is 36.3 Å². The largest absolute Gasteiger partial charge is 0.534 e. The van der Waals surface area contributed by atoms with Gasteiger partial charge >= 0.3 is 15.6 Å². The maximum atomic E-state index is 12.5. The third kappa shape index (κ3) is 2.92. The highest BCUT2D eigenvalue weighted by atomic mass is 32.2. The fourth-order valence-electron chi connectivity index (χ4n) is 2.11. The number of nitrogens with zero attached hydrogens (tertiary/aromatic N) is 3. The summed E-state index contributed by atoms with van der Waals surface area (Å²) in [4.78, 5) is 4.00. The molecule has 10 heteroatoms. The number of halogens is 3. The molecule has 0 spiro atoms. The maximum absolute atomic E-state index is 12.5. The van der Waals surface area contributed by atoms with Crippen LogP contribution in [0.3, 0.4) is 0 Å². The number of rotatable bonds is 3. The van der Waals surface area contributed by atoms with Crippen LogP contribution in [0, 0.1) is 0 Å². The van der Waals surface area contributed by atoms with E-state index in [4.69, 9.17) is 0 Å². The molecule has 0 saturated heterocycles. The van der Waals surface area contributed by atoms with Gasteiger partial charge in [0.05, 0.1) is 11.7 Å². The summed E-state index contributed by atoms with van der Waals surface area (Å²) in [5, 5.41) is 4.16. The van der Waals surface area contributed by atoms with Gasteiger partial charge in [-0.2, -0.15) is 26.7 Å². The Morgan fingerprint density at radius 2 is 1.92 bits per heavy atom. The molecule has 0 fully saturated rings. The second kappa shape index (κ2) is 5.48. The molecule has 0 aliphatic heterocycles. The van der Waals surface area contributed by atoms with Gasteiger partial charge in [-0.3, -0.25) is 9.67 Å². The van der Waals surface area contributed by atoms with Gasteiger partial charge in [0.15, 0.2) is 5.75 Å². The molecule has 0 atom stereocenters. The van der Waals surface area contributed by atoms with Crippen molar-refractivity contribution in [2.24, 2.45) is 7.05 Å². The average molecular weight is 357 g/mol. The number of aromatic nitrogens is 3. The number of hydrogen-bond acceptors (Lipinski definition) is 5. The predicted octanol–water partition coefficient (Wildman–Crippen LogP) is 2.86. The summed E-state index contributed by atoms with van der Waals surface area (Å²) in [5.41, 5.74) is -3.85. The van der Waals surface area contributed by atoms with Crippen LogP contribution in [0.4, 0.5) is 13.2 Å². The zero-order valence-corrected chi connectivity index (χ0v) is 13.0. The maximum Gasteiger partial charge on any atom is 0.534 e. The van der Waals surface area contributed by atoms with E-state index in [1.807, 2.05) is 0 Å². The lowest BCUT2D eigenvalue weighted by Gasteiger charge is -2.11. The summed E-state index contributed by atoms with van der Waals surface area (Å²) >= 11 is 0. The first kappa shape index (κ1) is 16.2. The zero-order chi connectivity index (χ0) is 17.5. The van der Waals surface area contributed by atoms with Crippen LogP contribution in [0.1, 0.15) is 0 Å². The molecule has 0 aliphatic carbocycles. The fraction of sp³-hybridized carbons (Fsp3) is 0.143. The number of pyridine rings is 1. The Balaban J connectivity index is 2.12. The molecule has 3 rings (SSSR count). The molecule has 3 aromatic rings. The monoisotopic (exact) mass is 357 g/mol. The molecule has 1 aromatic carbocycles. The summed E-state index contributed by atoms with van der Waals surface area (Å²) in [6, 6.07) is 5.83. The Labute approximate surface area is 134 Å². The van der Waals surface area contributed by atoms with Gasteiger partial charge in [-0.05, 0) is 17.7 Å². The summed E-state index contributed by atoms with van der Waals surface area (Å²) in [6.07, 6.45) is 4.46. The second-order valence-corrected chi connectivity index (χ2v) is 6.46. The first-order valence-corrected chi connectivity index (χ1v) is 7.97. The van der Waals surface area contributed by atoms with Gasteiger partial charge in [0, 0.05) is 36.5 Å². The molecule has 0 bridgehead atoms. The first-order valence-electron chi connectivity index (χ1n) is 6.56. The minimum absolute atomic E-state index is 0.145. The molecule has 2 aromatic heterocycles. The van der Waals surface area contributed by atoms with Crippen molar-refractivity contribution in [3.8, 4) is 16.9 Å². The third-order valence-electron chi connectivity index (χ3n) is 3.22. The van der Waals surface area contributed by atoms with Gasteiger partial charge in [-0.25, -0.2) is 0 Å². The summed E-state index contributed by atoms with van der Waals surface area (Å²) in [5.74, 6) is -0.442. The molecular formula is C14H10F3N3O3S. The van der Waals surface area contributed by atoms with E-state index in [-0.39, 0.29) is 5.39 Å². The molecule has 6 nitrogen and oxygen atoms in total. The van der Waals surface area contributed by atoms with Crippen LogP contribution < -0.4 is 4.18 Å². The lowest BCUT2D eigenvalue weighted by atomic mass is 10.1. The molecule has 0 radical (unpaired) electrons. The van der Waals surface area contributed by atoms with E-state index in [1.165, 1.54) is 12.3 Å². The van der Waals surface area contributed by atoms with Crippen LogP contribution in [0.25, 0.3) is 22.0 Å². The van der Waals surface area contributed by atoms with Gasteiger partial charge in [0.2, 0.25) is 0 Å². The predicted molar refractivity (Wildman–Crippen MR) is 79.5 cm³/mol. The van der Waals surface area contributed by atoms with Crippen molar-refractivity contribution >= 4 is 21.0 Å². The molecule has 24 heavy (non-hydrogen) atoms. The van der Waals surface area contributed by atoms with E-state index in [0.717, 1.165) is 6.07 Å². The van der Waals surface area contributed by atoms with Gasteiger partial charge < -0.3 is 4.18 Å². The minimum atomic E-state index is -5.76. The standard InChI is InChI=1S/C14H10F3N3O3S/c1-20-8-10(7-19-20)9-2-3-12-11(6-9)13(4-5-18-12)23-24(21,22)14(15,16)17/h2-8H,1H3. The number of alkyl halides is 3. The van der Waals surface area contributed by atoms with Crippen LogP contribution in [0.15, 0.2) is 42.9 Å². The first-order chi connectivity index (χ1) is 11.2. The Kier molecular flexibility index (Phi) is 3.71. The number of aryl methyl sites for hydroxylation is 1. The Hall–Kier alpha value is -2.62. The zero-order valence-electron chi connectivity index (χ0n) is 12.1. The van der Waals surface area contributed by atoms with Crippen molar-refractivity contribution in [2.75, 3.05) is 0 Å². The third-order valence-corrected chi connectivity index (χ3v) is 4.19. The lowest BCUT2D eigenvalue weighted by molar-refractivity contribution is -0.0499. The van der Waals surface area contributed by atoms with Crippen LogP contribution in [-0.2, 0) is 17.2 Å². The molecule has 126 valence electrons. The lowest BCUT2D eigenvalue weighted by Crippen LogP contribution is -2.28. The van der Waals surface area contributed by atoms with Gasteiger partial charge in [-0.15, -0.1) is 0 Å².